The summed E-state index contributed by atoms with van der Waals surface area (Å²) in [6, 6.07) is 9.48. The quantitative estimate of drug-likeness (QED) is 0.663. The van der Waals surface area contributed by atoms with Crippen molar-refractivity contribution >= 4 is 45.9 Å². The highest BCUT2D eigenvalue weighted by molar-refractivity contribution is 7.89. The summed E-state index contributed by atoms with van der Waals surface area (Å²) in [5.74, 6) is 0.921. The normalized spacial score (nSPS) is 11.7. The molecule has 9 heteroatoms. The minimum absolute atomic E-state index is 0.0304. The van der Waals surface area contributed by atoms with Crippen LogP contribution in [0.2, 0.25) is 0 Å². The molecule has 0 aliphatic rings. The highest BCUT2D eigenvalue weighted by atomic mass is 32.2. The lowest BCUT2D eigenvalue weighted by molar-refractivity contribution is 0.245. The lowest BCUT2D eigenvalue weighted by Gasteiger charge is -2.14. The van der Waals surface area contributed by atoms with Crippen LogP contribution in [0.15, 0.2) is 47.5 Å². The number of hydrogen-bond donors (Lipinski definition) is 2. The molecule has 1 aromatic heterocycles. The molecule has 0 aliphatic carbocycles. The van der Waals surface area contributed by atoms with Crippen molar-refractivity contribution in [2.75, 3.05) is 5.32 Å². The molecule has 2 aromatic carbocycles. The fraction of sp³-hybridized carbons (Fsp3) is 0.176. The Morgan fingerprint density at radius 3 is 2.50 bits per heavy atom. The van der Waals surface area contributed by atoms with E-state index in [1.807, 2.05) is 13.8 Å². The standard InChI is InChI=1S/C17H17BN4O3S/c1-10(2)25-15-8-12(18)7-11-9-20-17(22-16(11)15)21-13-3-5-14(6-4-13)26(19,23)24/h3-10H,1-2H3,(H2,19,23,24)(H,20,21,22). The SMILES string of the molecule is [B]c1cc(OC(C)C)c2nc(Nc3ccc(S(N)(=O)=O)cc3)ncc2c1. The van der Waals surface area contributed by atoms with E-state index in [2.05, 4.69) is 15.3 Å². The molecule has 2 radical (unpaired) electrons. The summed E-state index contributed by atoms with van der Waals surface area (Å²) in [5, 5.41) is 8.88. The molecule has 0 bridgehead atoms. The molecule has 3 aromatic rings. The van der Waals surface area contributed by atoms with Gasteiger partial charge in [-0.1, -0.05) is 11.5 Å². The van der Waals surface area contributed by atoms with E-state index in [0.717, 1.165) is 5.39 Å². The summed E-state index contributed by atoms with van der Waals surface area (Å²) in [4.78, 5) is 8.78. The Balaban J connectivity index is 1.94. The van der Waals surface area contributed by atoms with E-state index in [9.17, 15) is 8.42 Å². The van der Waals surface area contributed by atoms with Gasteiger partial charge in [-0.2, -0.15) is 0 Å². The van der Waals surface area contributed by atoms with Gasteiger partial charge in [-0.3, -0.25) is 0 Å². The Bertz CT molecular complexity index is 1050. The lowest BCUT2D eigenvalue weighted by Crippen LogP contribution is -2.12. The molecule has 3 N–H and O–H groups in total. The number of ether oxygens (including phenoxy) is 1. The molecule has 0 amide bonds. The second-order valence-corrected chi connectivity index (χ2v) is 7.57. The summed E-state index contributed by atoms with van der Waals surface area (Å²) < 4.78 is 28.4. The van der Waals surface area contributed by atoms with Crippen molar-refractivity contribution in [2.24, 2.45) is 5.14 Å². The van der Waals surface area contributed by atoms with Gasteiger partial charge >= 0.3 is 0 Å². The van der Waals surface area contributed by atoms with Gasteiger partial charge in [0.15, 0.2) is 0 Å². The van der Waals surface area contributed by atoms with Crippen LogP contribution in [0.25, 0.3) is 10.9 Å². The van der Waals surface area contributed by atoms with Crippen LogP contribution < -0.4 is 20.7 Å². The van der Waals surface area contributed by atoms with Gasteiger partial charge in [-0.25, -0.2) is 23.5 Å². The Morgan fingerprint density at radius 2 is 1.88 bits per heavy atom. The van der Waals surface area contributed by atoms with Crippen molar-refractivity contribution in [1.29, 1.82) is 0 Å². The van der Waals surface area contributed by atoms with Gasteiger partial charge in [0.2, 0.25) is 16.0 Å². The highest BCUT2D eigenvalue weighted by Gasteiger charge is 2.10. The molecule has 132 valence electrons. The summed E-state index contributed by atoms with van der Waals surface area (Å²) >= 11 is 0. The predicted octanol–water partition coefficient (Wildman–Crippen LogP) is 1.60. The van der Waals surface area contributed by atoms with Crippen LogP contribution in [0.3, 0.4) is 0 Å². The van der Waals surface area contributed by atoms with Crippen LogP contribution in [-0.2, 0) is 10.0 Å². The average molecular weight is 368 g/mol. The number of aromatic nitrogens is 2. The summed E-state index contributed by atoms with van der Waals surface area (Å²) in [5.41, 5.74) is 1.82. The van der Waals surface area contributed by atoms with Crippen LogP contribution in [0.5, 0.6) is 5.75 Å². The first-order valence-electron chi connectivity index (χ1n) is 7.85. The van der Waals surface area contributed by atoms with E-state index >= 15 is 0 Å². The largest absolute Gasteiger partial charge is 0.489 e. The number of nitrogens with one attached hydrogen (secondary N) is 1. The maximum Gasteiger partial charge on any atom is 0.238 e. The smallest absolute Gasteiger partial charge is 0.238 e. The lowest BCUT2D eigenvalue weighted by atomic mass is 9.94. The number of primary sulfonamides is 1. The predicted molar refractivity (Wildman–Crippen MR) is 102 cm³/mol. The molecule has 26 heavy (non-hydrogen) atoms. The number of hydrogen-bond acceptors (Lipinski definition) is 6. The van der Waals surface area contributed by atoms with Crippen molar-refractivity contribution in [3.05, 3.63) is 42.6 Å². The monoisotopic (exact) mass is 368 g/mol. The molecule has 0 spiro atoms. The molecule has 0 atom stereocenters. The first-order chi connectivity index (χ1) is 12.2. The number of nitrogens with two attached hydrogens (primary N) is 1. The van der Waals surface area contributed by atoms with Gasteiger partial charge in [0.1, 0.15) is 19.1 Å². The van der Waals surface area contributed by atoms with E-state index < -0.39 is 10.0 Å². The third-order valence-corrected chi connectivity index (χ3v) is 4.40. The zero-order chi connectivity index (χ0) is 18.9. The number of benzene rings is 2. The van der Waals surface area contributed by atoms with Crippen LogP contribution in [-0.4, -0.2) is 32.3 Å². The van der Waals surface area contributed by atoms with Crippen molar-refractivity contribution in [1.82, 2.24) is 9.97 Å². The summed E-state index contributed by atoms with van der Waals surface area (Å²) in [6.45, 7) is 3.84. The third kappa shape index (κ3) is 4.12. The van der Waals surface area contributed by atoms with Gasteiger partial charge in [0, 0.05) is 17.3 Å². The topological polar surface area (TPSA) is 107 Å². The Kier molecular flexibility index (Phi) is 4.84. The third-order valence-electron chi connectivity index (χ3n) is 3.47. The fourth-order valence-electron chi connectivity index (χ4n) is 2.40. The van der Waals surface area contributed by atoms with Crippen LogP contribution in [0.1, 0.15) is 13.8 Å². The molecule has 1 heterocycles. The Labute approximate surface area is 153 Å². The van der Waals surface area contributed by atoms with Crippen LogP contribution >= 0.6 is 0 Å². The minimum atomic E-state index is -3.73. The average Bonchev–Trinajstić information content (AvgIpc) is 2.54. The number of rotatable bonds is 5. The Morgan fingerprint density at radius 1 is 1.19 bits per heavy atom. The van der Waals surface area contributed by atoms with Crippen molar-refractivity contribution in [3.63, 3.8) is 0 Å². The van der Waals surface area contributed by atoms with Gasteiger partial charge < -0.3 is 10.1 Å². The van der Waals surface area contributed by atoms with Crippen LogP contribution in [0, 0.1) is 0 Å². The summed E-state index contributed by atoms with van der Waals surface area (Å²) in [6.07, 6.45) is 1.62. The zero-order valence-electron chi connectivity index (χ0n) is 14.3. The van der Waals surface area contributed by atoms with Gasteiger partial charge in [-0.05, 0) is 44.2 Å². The van der Waals surface area contributed by atoms with E-state index in [1.165, 1.54) is 12.1 Å². The molecule has 0 unspecified atom stereocenters. The van der Waals surface area contributed by atoms with E-state index in [0.29, 0.717) is 28.4 Å². The molecule has 0 saturated carbocycles. The van der Waals surface area contributed by atoms with Crippen molar-refractivity contribution in [3.8, 4) is 5.75 Å². The van der Waals surface area contributed by atoms with E-state index in [-0.39, 0.29) is 11.0 Å². The van der Waals surface area contributed by atoms with Crippen molar-refractivity contribution < 1.29 is 13.2 Å². The fourth-order valence-corrected chi connectivity index (χ4v) is 2.91. The number of nitrogens with zero attached hydrogens (tertiary/aromatic N) is 2. The first kappa shape index (κ1) is 18.2. The number of anilines is 2. The van der Waals surface area contributed by atoms with Gasteiger partial charge in [0.05, 0.1) is 11.0 Å². The zero-order valence-corrected chi connectivity index (χ0v) is 15.1. The van der Waals surface area contributed by atoms with Crippen molar-refractivity contribution in [2.45, 2.75) is 24.8 Å². The van der Waals surface area contributed by atoms with E-state index in [1.54, 1.807) is 30.5 Å². The number of sulfonamides is 1. The first-order valence-corrected chi connectivity index (χ1v) is 9.40. The second-order valence-electron chi connectivity index (χ2n) is 6.01. The van der Waals surface area contributed by atoms with Crippen LogP contribution in [0.4, 0.5) is 11.6 Å². The molecular weight excluding hydrogens is 351 g/mol. The minimum Gasteiger partial charge on any atom is -0.489 e. The van der Waals surface area contributed by atoms with Gasteiger partial charge in [-0.15, -0.1) is 0 Å². The van der Waals surface area contributed by atoms with Gasteiger partial charge in [0.25, 0.3) is 0 Å². The Hall–Kier alpha value is -2.65. The molecule has 7 nitrogen and oxygen atoms in total. The maximum absolute atomic E-state index is 11.3. The summed E-state index contributed by atoms with van der Waals surface area (Å²) in [7, 11) is 2.17. The molecule has 0 aliphatic heterocycles. The van der Waals surface area contributed by atoms with E-state index in [4.69, 9.17) is 17.7 Å². The maximum atomic E-state index is 11.3. The number of fused-ring (bicyclic) bond motifs is 1. The second kappa shape index (κ2) is 6.93. The molecule has 0 fully saturated rings. The molecule has 0 saturated heterocycles. The molecular formula is C17H17BN4O3S. The highest BCUT2D eigenvalue weighted by Crippen LogP contribution is 2.25. The molecule has 3 rings (SSSR count).